The highest BCUT2D eigenvalue weighted by Gasteiger charge is 2.37. The van der Waals surface area contributed by atoms with Gasteiger partial charge in [-0.3, -0.25) is 19.2 Å². The van der Waals surface area contributed by atoms with Crippen molar-refractivity contribution in [1.82, 2.24) is 25.5 Å². The minimum absolute atomic E-state index is 0.0284. The summed E-state index contributed by atoms with van der Waals surface area (Å²) in [5.74, 6) is -4.61. The highest BCUT2D eigenvalue weighted by atomic mass is 19.1. The fourth-order valence-corrected chi connectivity index (χ4v) is 4.26. The van der Waals surface area contributed by atoms with Crippen LogP contribution in [0.4, 0.5) is 10.2 Å². The van der Waals surface area contributed by atoms with Gasteiger partial charge in [-0.1, -0.05) is 44.2 Å². The molecular weight excluding hydrogens is 581 g/mol. The number of aliphatic hydroxyl groups is 2. The summed E-state index contributed by atoms with van der Waals surface area (Å²) >= 11 is 0. The number of nitrogens with two attached hydrogens (primary N) is 1. The molecule has 4 unspecified atom stereocenters. The lowest BCUT2D eigenvalue weighted by Gasteiger charge is -2.24. The maximum atomic E-state index is 14.3. The molecule has 0 bridgehead atoms. The van der Waals surface area contributed by atoms with Gasteiger partial charge in [0.15, 0.2) is 11.9 Å². The molecule has 1 aliphatic heterocycles. The number of halogens is 1. The van der Waals surface area contributed by atoms with Crippen molar-refractivity contribution in [3.05, 3.63) is 64.5 Å². The number of aliphatic hydroxyl groups excluding tert-OH is 2. The van der Waals surface area contributed by atoms with Crippen LogP contribution >= 0.6 is 0 Å². The average Bonchev–Trinajstić information content (AvgIpc) is 3.28. The van der Waals surface area contributed by atoms with Crippen molar-refractivity contribution in [2.75, 3.05) is 25.0 Å². The quantitative estimate of drug-likeness (QED) is 0.128. The number of anilines is 1. The molecule has 1 aliphatic rings. The molecule has 1 aromatic heterocycles. The molecular formula is C28H36FN7O8. The molecule has 8 N–H and O–H groups in total. The second kappa shape index (κ2) is 15.7. The Labute approximate surface area is 251 Å². The summed E-state index contributed by atoms with van der Waals surface area (Å²) in [5, 5.41) is 28.9. The third kappa shape index (κ3) is 9.16. The number of aromatic nitrogens is 2. The first-order valence-electron chi connectivity index (χ1n) is 13.8. The molecule has 0 saturated heterocycles. The Morgan fingerprint density at radius 3 is 2.36 bits per heavy atom. The zero-order valence-corrected chi connectivity index (χ0v) is 24.2. The van der Waals surface area contributed by atoms with Crippen LogP contribution in [0.25, 0.3) is 5.88 Å². The van der Waals surface area contributed by atoms with E-state index in [9.17, 15) is 33.5 Å². The smallest absolute Gasteiger partial charge is 0.356 e. The van der Waals surface area contributed by atoms with Crippen LogP contribution in [0, 0.1) is 5.92 Å². The lowest BCUT2D eigenvalue weighted by Crippen LogP contribution is -2.55. The van der Waals surface area contributed by atoms with Gasteiger partial charge in [-0.2, -0.15) is 4.98 Å². The number of amides is 4. The number of nitrogens with one attached hydrogen (secondary N) is 4. The molecule has 0 aliphatic carbocycles. The number of nitrogens with zero attached hydrogens (tertiary/aromatic N) is 2. The van der Waals surface area contributed by atoms with Crippen LogP contribution in [0.2, 0.25) is 0 Å². The summed E-state index contributed by atoms with van der Waals surface area (Å²) in [4.78, 5) is 66.7. The number of rotatable bonds is 14. The lowest BCUT2D eigenvalue weighted by atomic mass is 10.0. The van der Waals surface area contributed by atoms with Gasteiger partial charge in [0.1, 0.15) is 24.0 Å². The van der Waals surface area contributed by atoms with E-state index >= 15 is 0 Å². The van der Waals surface area contributed by atoms with Gasteiger partial charge in [0.2, 0.25) is 29.5 Å². The molecule has 3 rings (SSSR count). The fraction of sp³-hybridized carbons (Fsp3) is 0.429. The van der Waals surface area contributed by atoms with E-state index in [4.69, 9.17) is 15.6 Å². The van der Waals surface area contributed by atoms with E-state index in [1.165, 1.54) is 0 Å². The summed E-state index contributed by atoms with van der Waals surface area (Å²) in [6, 6.07) is 8.07. The molecule has 4 amide bonds. The number of carbonyl (C=O) groups is 4. The van der Waals surface area contributed by atoms with Gasteiger partial charge in [0.05, 0.1) is 19.7 Å². The van der Waals surface area contributed by atoms with E-state index in [-0.39, 0.29) is 31.1 Å². The SMILES string of the molecule is CC(C)CC(NC(=O)C(Cc1ccccc1)NC(=O)CN)C(=O)NCC(=O)Nc1ccn(C2=C(F)C(O)C(CO)O2)c(=O)n1. The predicted octanol–water partition coefficient (Wildman–Crippen LogP) is -1.64. The van der Waals surface area contributed by atoms with Crippen molar-refractivity contribution in [2.45, 2.75) is 51.0 Å². The Hall–Kier alpha value is -4.67. The Kier molecular flexibility index (Phi) is 12.1. The van der Waals surface area contributed by atoms with E-state index in [1.54, 1.807) is 24.3 Å². The van der Waals surface area contributed by atoms with Gasteiger partial charge < -0.3 is 42.0 Å². The van der Waals surface area contributed by atoms with Crippen molar-refractivity contribution >= 4 is 35.3 Å². The fourth-order valence-electron chi connectivity index (χ4n) is 4.26. The molecule has 16 heteroatoms. The maximum Gasteiger partial charge on any atom is 0.356 e. The zero-order valence-electron chi connectivity index (χ0n) is 24.2. The van der Waals surface area contributed by atoms with E-state index < -0.39 is 78.5 Å². The molecule has 44 heavy (non-hydrogen) atoms. The van der Waals surface area contributed by atoms with E-state index in [1.807, 2.05) is 19.9 Å². The topological polar surface area (TPSA) is 227 Å². The Morgan fingerprint density at radius 2 is 1.77 bits per heavy atom. The van der Waals surface area contributed by atoms with Crippen LogP contribution in [-0.4, -0.2) is 87.4 Å². The van der Waals surface area contributed by atoms with E-state index in [2.05, 4.69) is 26.3 Å². The molecule has 0 radical (unpaired) electrons. The molecule has 0 fully saturated rings. The minimum Gasteiger partial charge on any atom is -0.468 e. The molecule has 2 aromatic rings. The van der Waals surface area contributed by atoms with Crippen LogP contribution < -0.4 is 32.7 Å². The van der Waals surface area contributed by atoms with E-state index in [0.29, 0.717) is 4.57 Å². The number of benzene rings is 1. The summed E-state index contributed by atoms with van der Waals surface area (Å²) in [7, 11) is 0. The predicted molar refractivity (Wildman–Crippen MR) is 155 cm³/mol. The van der Waals surface area contributed by atoms with Crippen molar-refractivity contribution in [3.63, 3.8) is 0 Å². The monoisotopic (exact) mass is 617 g/mol. The summed E-state index contributed by atoms with van der Waals surface area (Å²) in [6.07, 6.45) is -1.62. The molecule has 2 heterocycles. The second-order valence-electron chi connectivity index (χ2n) is 10.4. The summed E-state index contributed by atoms with van der Waals surface area (Å²) < 4.78 is 20.0. The van der Waals surface area contributed by atoms with Crippen molar-refractivity contribution in [1.29, 1.82) is 0 Å². The second-order valence-corrected chi connectivity index (χ2v) is 10.4. The molecule has 238 valence electrons. The van der Waals surface area contributed by atoms with Gasteiger partial charge >= 0.3 is 5.69 Å². The van der Waals surface area contributed by atoms with E-state index in [0.717, 1.165) is 17.8 Å². The molecule has 1 aromatic carbocycles. The Bertz CT molecular complexity index is 1430. The van der Waals surface area contributed by atoms with Crippen LogP contribution in [0.3, 0.4) is 0 Å². The van der Waals surface area contributed by atoms with Crippen molar-refractivity contribution in [3.8, 4) is 0 Å². The largest absolute Gasteiger partial charge is 0.468 e. The van der Waals surface area contributed by atoms with Gasteiger partial charge in [-0.15, -0.1) is 0 Å². The average molecular weight is 618 g/mol. The number of hydrogen-bond donors (Lipinski definition) is 7. The first-order valence-corrected chi connectivity index (χ1v) is 13.8. The summed E-state index contributed by atoms with van der Waals surface area (Å²) in [6.45, 7) is 2.12. The molecule has 0 spiro atoms. The molecule has 0 saturated carbocycles. The normalized spacial score (nSPS) is 17.4. The number of ether oxygens (including phenoxy) is 1. The zero-order chi connectivity index (χ0) is 32.4. The molecule has 15 nitrogen and oxygen atoms in total. The highest BCUT2D eigenvalue weighted by molar-refractivity contribution is 5.96. The third-order valence-electron chi connectivity index (χ3n) is 6.43. The van der Waals surface area contributed by atoms with Crippen LogP contribution in [-0.2, 0) is 30.3 Å². The van der Waals surface area contributed by atoms with Gasteiger partial charge in [-0.25, -0.2) is 13.8 Å². The first-order chi connectivity index (χ1) is 20.9. The van der Waals surface area contributed by atoms with Gasteiger partial charge in [0, 0.05) is 12.6 Å². The number of carbonyl (C=O) groups excluding carboxylic acids is 4. The van der Waals surface area contributed by atoms with Gasteiger partial charge in [0.25, 0.3) is 0 Å². The minimum atomic E-state index is -1.76. The van der Waals surface area contributed by atoms with Gasteiger partial charge in [-0.05, 0) is 24.0 Å². The molecule has 4 atom stereocenters. The van der Waals surface area contributed by atoms with Crippen LogP contribution in [0.5, 0.6) is 0 Å². The third-order valence-corrected chi connectivity index (χ3v) is 6.43. The maximum absolute atomic E-state index is 14.3. The lowest BCUT2D eigenvalue weighted by molar-refractivity contribution is -0.132. The first kappa shape index (κ1) is 33.8. The number of hydrogen-bond acceptors (Lipinski definition) is 10. The highest BCUT2D eigenvalue weighted by Crippen LogP contribution is 2.28. The van der Waals surface area contributed by atoms with Crippen molar-refractivity contribution < 1.29 is 38.5 Å². The van der Waals surface area contributed by atoms with Crippen LogP contribution in [0.1, 0.15) is 25.8 Å². The summed E-state index contributed by atoms with van der Waals surface area (Å²) in [5.41, 5.74) is 5.14. The Balaban J connectivity index is 1.62. The standard InChI is InChI=1S/C28H36FN7O8/c1-15(2)10-17(33-26(42)18(32-21(38)12-30)11-16-6-4-3-5-7-16)25(41)31-13-22(39)34-20-8-9-36(28(43)35-20)27-23(29)24(40)19(14-37)44-27/h3-9,15,17-19,24,37,40H,10-14,30H2,1-2H3,(H,31,41)(H,32,38)(H,33,42)(H,34,35,39,43). The van der Waals surface area contributed by atoms with Crippen molar-refractivity contribution in [2.24, 2.45) is 11.7 Å². The van der Waals surface area contributed by atoms with Crippen LogP contribution in [0.15, 0.2) is 53.2 Å². The Morgan fingerprint density at radius 1 is 1.07 bits per heavy atom.